The first-order valence-corrected chi connectivity index (χ1v) is 12.2. The molecule has 3 aromatic carbocycles. The molecule has 1 N–H and O–H groups in total. The average molecular weight is 435 g/mol. The molecule has 4 aromatic rings. The van der Waals surface area contributed by atoms with Crippen molar-refractivity contribution in [1.29, 1.82) is 0 Å². The van der Waals surface area contributed by atoms with Gasteiger partial charge in [-0.1, -0.05) is 78.1 Å². The van der Waals surface area contributed by atoms with E-state index in [4.69, 9.17) is 0 Å². The normalized spacial score (nSPS) is 12.1. The lowest BCUT2D eigenvalue weighted by atomic mass is 10.0. The minimum atomic E-state index is -3.36. The van der Waals surface area contributed by atoms with Gasteiger partial charge in [0.05, 0.1) is 22.1 Å². The zero-order valence-electron chi connectivity index (χ0n) is 16.0. The average Bonchev–Trinajstić information content (AvgIpc) is 3.27. The standard InChI is InChI=1S/C23H18N2O3S2/c26-19(12-13-30(27,28)14-15-6-2-1-3-7-15)24-23-25-21-17-10-4-8-16-9-5-11-18(20(16)17)22(21)29-23/h1-11H,12-14H2,(H,24,25,26). The van der Waals surface area contributed by atoms with E-state index >= 15 is 0 Å². The van der Waals surface area contributed by atoms with Gasteiger partial charge in [-0.05, 0) is 16.3 Å². The monoisotopic (exact) mass is 434 g/mol. The minimum Gasteiger partial charge on any atom is -0.302 e. The molecule has 0 bridgehead atoms. The highest BCUT2D eigenvalue weighted by Crippen LogP contribution is 2.50. The molecule has 1 aromatic heterocycles. The Hall–Kier alpha value is -3.03. The van der Waals surface area contributed by atoms with Gasteiger partial charge in [-0.15, -0.1) is 0 Å². The maximum absolute atomic E-state index is 12.4. The van der Waals surface area contributed by atoms with Crippen molar-refractivity contribution < 1.29 is 13.2 Å². The third kappa shape index (κ3) is 3.51. The lowest BCUT2D eigenvalue weighted by Gasteiger charge is -2.05. The van der Waals surface area contributed by atoms with Crippen LogP contribution in [-0.4, -0.2) is 25.1 Å². The van der Waals surface area contributed by atoms with Crippen LogP contribution in [0.2, 0.25) is 0 Å². The quantitative estimate of drug-likeness (QED) is 0.413. The Kier molecular flexibility index (Phi) is 4.64. The van der Waals surface area contributed by atoms with Crippen molar-refractivity contribution in [2.75, 3.05) is 11.1 Å². The number of amides is 1. The first-order chi connectivity index (χ1) is 14.5. The van der Waals surface area contributed by atoms with Crippen molar-refractivity contribution in [1.82, 2.24) is 4.98 Å². The fraction of sp³-hybridized carbons (Fsp3) is 0.130. The summed E-state index contributed by atoms with van der Waals surface area (Å²) in [5.41, 5.74) is 3.79. The molecule has 5 nitrogen and oxygen atoms in total. The maximum atomic E-state index is 12.4. The molecule has 0 spiro atoms. The van der Waals surface area contributed by atoms with Crippen molar-refractivity contribution in [3.63, 3.8) is 0 Å². The fourth-order valence-corrected chi connectivity index (χ4v) is 6.17. The van der Waals surface area contributed by atoms with Gasteiger partial charge in [0, 0.05) is 17.5 Å². The molecule has 30 heavy (non-hydrogen) atoms. The van der Waals surface area contributed by atoms with Crippen LogP contribution in [0.1, 0.15) is 12.0 Å². The first kappa shape index (κ1) is 19.0. The summed E-state index contributed by atoms with van der Waals surface area (Å²) in [6.45, 7) is 0. The van der Waals surface area contributed by atoms with Crippen LogP contribution < -0.4 is 5.32 Å². The number of benzene rings is 3. The summed E-state index contributed by atoms with van der Waals surface area (Å²) in [5, 5.41) is 5.64. The Morgan fingerprint density at radius 3 is 2.43 bits per heavy atom. The van der Waals surface area contributed by atoms with Crippen molar-refractivity contribution in [3.05, 3.63) is 72.3 Å². The molecule has 1 amide bonds. The number of nitrogens with one attached hydrogen (secondary N) is 1. The van der Waals surface area contributed by atoms with Crippen molar-refractivity contribution >= 4 is 43.0 Å². The number of aromatic nitrogens is 1. The minimum absolute atomic E-state index is 0.0620. The highest BCUT2D eigenvalue weighted by Gasteiger charge is 2.26. The Balaban J connectivity index is 1.28. The second-order valence-corrected chi connectivity index (χ2v) is 10.5. The van der Waals surface area contributed by atoms with Gasteiger partial charge in [-0.25, -0.2) is 13.4 Å². The van der Waals surface area contributed by atoms with Crippen LogP contribution in [0.15, 0.2) is 66.7 Å². The van der Waals surface area contributed by atoms with Gasteiger partial charge in [-0.2, -0.15) is 0 Å². The summed E-state index contributed by atoms with van der Waals surface area (Å²) in [4.78, 5) is 18.0. The SMILES string of the molecule is O=C(CCS(=O)(=O)Cc1ccccc1)Nc1nc2c(s1)-c1cccc3cccc-2c13. The highest BCUT2D eigenvalue weighted by atomic mass is 32.2. The number of rotatable bonds is 6. The third-order valence-corrected chi connectivity index (χ3v) is 7.75. The predicted octanol–water partition coefficient (Wildman–Crippen LogP) is 4.89. The van der Waals surface area contributed by atoms with Crippen LogP contribution in [0.5, 0.6) is 0 Å². The molecule has 5 rings (SSSR count). The molecule has 1 heterocycles. The van der Waals surface area contributed by atoms with Crippen LogP contribution in [0.4, 0.5) is 5.13 Å². The van der Waals surface area contributed by atoms with Gasteiger partial charge in [0.25, 0.3) is 0 Å². The summed E-state index contributed by atoms with van der Waals surface area (Å²) < 4.78 is 24.6. The molecule has 7 heteroatoms. The maximum Gasteiger partial charge on any atom is 0.227 e. The second kappa shape index (κ2) is 7.34. The molecule has 0 unspecified atom stereocenters. The van der Waals surface area contributed by atoms with Gasteiger partial charge in [-0.3, -0.25) is 4.79 Å². The molecule has 0 saturated heterocycles. The van der Waals surface area contributed by atoms with E-state index in [0.717, 1.165) is 27.3 Å². The number of fused-ring (bicyclic) bond motifs is 3. The Morgan fingerprint density at radius 2 is 1.67 bits per heavy atom. The number of sulfone groups is 1. The van der Waals surface area contributed by atoms with E-state index in [1.165, 1.54) is 22.1 Å². The van der Waals surface area contributed by atoms with Crippen LogP contribution >= 0.6 is 11.3 Å². The van der Waals surface area contributed by atoms with Crippen molar-refractivity contribution in [2.45, 2.75) is 12.2 Å². The second-order valence-electron chi connectivity index (χ2n) is 7.28. The van der Waals surface area contributed by atoms with Gasteiger partial charge < -0.3 is 5.32 Å². The predicted molar refractivity (Wildman–Crippen MR) is 121 cm³/mol. The Morgan fingerprint density at radius 1 is 0.933 bits per heavy atom. The van der Waals surface area contributed by atoms with E-state index in [0.29, 0.717) is 5.13 Å². The molecule has 0 atom stereocenters. The number of thiazole rings is 1. The van der Waals surface area contributed by atoms with Crippen molar-refractivity contribution in [3.8, 4) is 21.7 Å². The van der Waals surface area contributed by atoms with Gasteiger partial charge in [0.15, 0.2) is 15.0 Å². The third-order valence-electron chi connectivity index (χ3n) is 5.15. The molecule has 0 fully saturated rings. The molecule has 0 radical (unpaired) electrons. The summed E-state index contributed by atoms with van der Waals surface area (Å²) in [5.74, 6) is -0.598. The van der Waals surface area contributed by atoms with Crippen LogP contribution in [0.3, 0.4) is 0 Å². The summed E-state index contributed by atoms with van der Waals surface area (Å²) in [6.07, 6.45) is -0.0917. The highest BCUT2D eigenvalue weighted by molar-refractivity contribution is 7.90. The topological polar surface area (TPSA) is 76.1 Å². The Labute approximate surface area is 178 Å². The molecular formula is C23H18N2O3S2. The first-order valence-electron chi connectivity index (χ1n) is 9.58. The van der Waals surface area contributed by atoms with E-state index in [9.17, 15) is 13.2 Å². The zero-order valence-corrected chi connectivity index (χ0v) is 17.6. The van der Waals surface area contributed by atoms with Gasteiger partial charge >= 0.3 is 0 Å². The molecule has 1 aliphatic rings. The smallest absolute Gasteiger partial charge is 0.227 e. The number of hydrogen-bond donors (Lipinski definition) is 1. The largest absolute Gasteiger partial charge is 0.302 e. The van der Waals surface area contributed by atoms with Crippen LogP contribution in [0, 0.1) is 0 Å². The van der Waals surface area contributed by atoms with Crippen molar-refractivity contribution in [2.24, 2.45) is 0 Å². The Bertz CT molecular complexity index is 1320. The summed E-state index contributed by atoms with van der Waals surface area (Å²) in [6, 6.07) is 21.3. The molecular weight excluding hydrogens is 416 g/mol. The van der Waals surface area contributed by atoms with Crippen LogP contribution in [0.25, 0.3) is 32.5 Å². The van der Waals surface area contributed by atoms with Crippen LogP contribution in [-0.2, 0) is 20.4 Å². The lowest BCUT2D eigenvalue weighted by Crippen LogP contribution is -2.18. The summed E-state index contributed by atoms with van der Waals surface area (Å²) in [7, 11) is -3.36. The summed E-state index contributed by atoms with van der Waals surface area (Å²) >= 11 is 1.42. The molecule has 1 aliphatic carbocycles. The van der Waals surface area contributed by atoms with E-state index in [1.54, 1.807) is 24.3 Å². The molecule has 150 valence electrons. The van der Waals surface area contributed by atoms with E-state index < -0.39 is 9.84 Å². The number of nitrogens with zero attached hydrogens (tertiary/aromatic N) is 1. The van der Waals surface area contributed by atoms with E-state index in [-0.39, 0.29) is 23.8 Å². The lowest BCUT2D eigenvalue weighted by molar-refractivity contribution is -0.115. The molecule has 0 saturated carbocycles. The van der Waals surface area contributed by atoms with Gasteiger partial charge in [0.2, 0.25) is 5.91 Å². The number of carbonyl (C=O) groups excluding carboxylic acids is 1. The number of hydrogen-bond acceptors (Lipinski definition) is 5. The molecule has 0 aliphatic heterocycles. The zero-order chi connectivity index (χ0) is 20.7. The fourth-order valence-electron chi connectivity index (χ4n) is 3.80. The number of carbonyl (C=O) groups is 1. The van der Waals surface area contributed by atoms with E-state index in [2.05, 4.69) is 28.5 Å². The van der Waals surface area contributed by atoms with Gasteiger partial charge in [0.1, 0.15) is 0 Å². The number of anilines is 1. The van der Waals surface area contributed by atoms with E-state index in [1.807, 2.05) is 24.3 Å².